The van der Waals surface area contributed by atoms with E-state index in [1.807, 2.05) is 0 Å². The minimum Gasteiger partial charge on any atom is -0.457 e. The summed E-state index contributed by atoms with van der Waals surface area (Å²) in [4.78, 5) is 5.33. The van der Waals surface area contributed by atoms with E-state index in [4.69, 9.17) is 13.6 Å². The van der Waals surface area contributed by atoms with Gasteiger partial charge < -0.3 is 23.4 Å². The van der Waals surface area contributed by atoms with Crippen LogP contribution in [0.25, 0.3) is 43.9 Å². The van der Waals surface area contributed by atoms with Crippen molar-refractivity contribution in [3.8, 4) is 11.5 Å². The van der Waals surface area contributed by atoms with Crippen LogP contribution in [-0.4, -0.2) is 6.71 Å². The predicted molar refractivity (Wildman–Crippen MR) is 289 cm³/mol. The van der Waals surface area contributed by atoms with Gasteiger partial charge in [0.1, 0.15) is 33.8 Å². The number of furan rings is 2. The molecule has 6 heteroatoms. The lowest BCUT2D eigenvalue weighted by atomic mass is 9.32. The van der Waals surface area contributed by atoms with Crippen molar-refractivity contribution in [2.24, 2.45) is 0 Å². The zero-order chi connectivity index (χ0) is 46.7. The number of benzene rings is 7. The van der Waals surface area contributed by atoms with Gasteiger partial charge in [0.2, 0.25) is 0 Å². The summed E-state index contributed by atoms with van der Waals surface area (Å²) in [5, 5.41) is 4.75. The van der Waals surface area contributed by atoms with Crippen molar-refractivity contribution >= 4 is 101 Å². The Kier molecular flexibility index (Phi) is 8.92. The Hall–Kier alpha value is -6.40. The van der Waals surface area contributed by atoms with Crippen molar-refractivity contribution in [2.75, 3.05) is 9.80 Å². The highest BCUT2D eigenvalue weighted by Gasteiger charge is 2.54. The highest BCUT2D eigenvalue weighted by molar-refractivity contribution is 7.02. The fourth-order valence-electron chi connectivity index (χ4n) is 14.0. The van der Waals surface area contributed by atoms with Gasteiger partial charge in [0.15, 0.2) is 0 Å². The summed E-state index contributed by atoms with van der Waals surface area (Å²) in [7, 11) is 0. The normalized spacial score (nSPS) is 17.1. The van der Waals surface area contributed by atoms with E-state index in [2.05, 4.69) is 167 Å². The predicted octanol–water partition coefficient (Wildman–Crippen LogP) is 16.7. The molecule has 2 aromatic heterocycles. The zero-order valence-electron chi connectivity index (χ0n) is 41.3. The first kappa shape index (κ1) is 41.6. The Morgan fingerprint density at radius 3 is 1.32 bits per heavy atom. The Morgan fingerprint density at radius 2 is 0.884 bits per heavy atom. The van der Waals surface area contributed by atoms with Crippen molar-refractivity contribution in [3.63, 3.8) is 0 Å². The molecule has 0 bridgehead atoms. The Morgan fingerprint density at radius 1 is 0.478 bits per heavy atom. The van der Waals surface area contributed by atoms with Crippen LogP contribution in [0.1, 0.15) is 145 Å². The van der Waals surface area contributed by atoms with Crippen molar-refractivity contribution in [2.45, 2.75) is 135 Å². The monoisotopic (exact) mass is 904 g/mol. The van der Waals surface area contributed by atoms with E-state index < -0.39 is 0 Å². The quantitative estimate of drug-likeness (QED) is 0.165. The van der Waals surface area contributed by atoms with Gasteiger partial charge in [-0.2, -0.15) is 0 Å². The maximum Gasteiger partial charge on any atom is 0.262 e. The third-order valence-electron chi connectivity index (χ3n) is 16.9. The van der Waals surface area contributed by atoms with Crippen molar-refractivity contribution < 1.29 is 13.6 Å². The molecule has 2 fully saturated rings. The van der Waals surface area contributed by atoms with E-state index in [0.29, 0.717) is 11.8 Å². The van der Waals surface area contributed by atoms with Gasteiger partial charge in [-0.25, -0.2) is 0 Å². The van der Waals surface area contributed by atoms with Gasteiger partial charge in [0.25, 0.3) is 6.71 Å². The highest BCUT2D eigenvalue weighted by Crippen LogP contribution is 2.60. The molecule has 0 radical (unpaired) electrons. The van der Waals surface area contributed by atoms with Gasteiger partial charge in [0, 0.05) is 44.6 Å². The standard InChI is InChI=1S/C63H61BN2O3/c1-36-34-45-53-46(35-36)66(44-31-19-17-29-42(44)63(5,6)7)57-52-40-27-15-21-33-48(40)68-59(52)50(38-24-12-9-13-25-38)61-55(57)64(53)54-56(65(45)43-30-18-16-28-41(43)62(2,3)4)51-39-26-14-20-32-47(39)67-58(51)49(60(54)69-61)37-22-10-8-11-23-37/h14-21,26-35,37-38H,8-13,22-25H2,1-7H3. The summed E-state index contributed by atoms with van der Waals surface area (Å²) in [6.07, 6.45) is 11.9. The number of anilines is 6. The molecule has 5 aliphatic rings. The van der Waals surface area contributed by atoms with Crippen LogP contribution in [-0.2, 0) is 10.8 Å². The number of hydrogen-bond acceptors (Lipinski definition) is 5. The molecule has 344 valence electrons. The minimum absolute atomic E-state index is 0.115. The van der Waals surface area contributed by atoms with Crippen LogP contribution in [0.5, 0.6) is 11.5 Å². The van der Waals surface area contributed by atoms with Crippen LogP contribution >= 0.6 is 0 Å². The molecular formula is C63H61BN2O3. The number of para-hydroxylation sites is 4. The van der Waals surface area contributed by atoms with Crippen LogP contribution in [0, 0.1) is 6.92 Å². The number of hydrogen-bond donors (Lipinski definition) is 0. The van der Waals surface area contributed by atoms with Crippen molar-refractivity contribution in [1.29, 1.82) is 0 Å². The third-order valence-corrected chi connectivity index (χ3v) is 16.9. The Labute approximate surface area is 406 Å². The summed E-state index contributed by atoms with van der Waals surface area (Å²) < 4.78 is 23.0. The Bertz CT molecular complexity index is 3390. The van der Waals surface area contributed by atoms with E-state index in [9.17, 15) is 0 Å². The second-order valence-electron chi connectivity index (χ2n) is 23.2. The first-order valence-electron chi connectivity index (χ1n) is 26.1. The molecule has 0 unspecified atom stereocenters. The average molecular weight is 905 g/mol. The summed E-state index contributed by atoms with van der Waals surface area (Å²) in [5.41, 5.74) is 21.1. The fourth-order valence-corrected chi connectivity index (χ4v) is 14.0. The first-order valence-corrected chi connectivity index (χ1v) is 26.1. The molecule has 14 rings (SSSR count). The van der Waals surface area contributed by atoms with Gasteiger partial charge in [-0.3, -0.25) is 0 Å². The molecule has 69 heavy (non-hydrogen) atoms. The van der Waals surface area contributed by atoms with Crippen LogP contribution in [0.15, 0.2) is 118 Å². The number of nitrogens with zero attached hydrogens (tertiary/aromatic N) is 2. The summed E-state index contributed by atoms with van der Waals surface area (Å²) in [6, 6.07) is 41.0. The number of ether oxygens (including phenoxy) is 1. The molecule has 7 aromatic carbocycles. The minimum atomic E-state index is -0.145. The lowest BCUT2D eigenvalue weighted by Gasteiger charge is -2.49. The zero-order valence-corrected chi connectivity index (χ0v) is 41.3. The third kappa shape index (κ3) is 5.84. The van der Waals surface area contributed by atoms with Gasteiger partial charge in [-0.15, -0.1) is 0 Å². The first-order chi connectivity index (χ1) is 33.5. The van der Waals surface area contributed by atoms with Crippen molar-refractivity contribution in [3.05, 3.63) is 137 Å². The maximum atomic E-state index is 8.24. The van der Waals surface area contributed by atoms with Crippen LogP contribution in [0.2, 0.25) is 0 Å². The summed E-state index contributed by atoms with van der Waals surface area (Å²) in [5.74, 6) is 2.67. The molecule has 0 saturated heterocycles. The molecule has 2 aliphatic carbocycles. The molecule has 9 aromatic rings. The van der Waals surface area contributed by atoms with Crippen LogP contribution in [0.4, 0.5) is 34.1 Å². The smallest absolute Gasteiger partial charge is 0.262 e. The molecule has 0 N–H and O–H groups in total. The topological polar surface area (TPSA) is 42.0 Å². The van der Waals surface area contributed by atoms with E-state index in [1.54, 1.807) is 0 Å². The summed E-state index contributed by atoms with van der Waals surface area (Å²) in [6.45, 7) is 16.3. The molecule has 3 aliphatic heterocycles. The largest absolute Gasteiger partial charge is 0.457 e. The molecule has 0 atom stereocenters. The van der Waals surface area contributed by atoms with E-state index >= 15 is 0 Å². The van der Waals surface area contributed by atoms with Gasteiger partial charge in [-0.1, -0.05) is 153 Å². The van der Waals surface area contributed by atoms with Crippen molar-refractivity contribution in [1.82, 2.24) is 0 Å². The van der Waals surface area contributed by atoms with Gasteiger partial charge >= 0.3 is 0 Å². The second kappa shape index (κ2) is 14.8. The highest BCUT2D eigenvalue weighted by atomic mass is 16.5. The molecule has 5 nitrogen and oxygen atoms in total. The van der Waals surface area contributed by atoms with Gasteiger partial charge in [-0.05, 0) is 125 Å². The number of fused-ring (bicyclic) bond motifs is 8. The molecule has 0 spiro atoms. The Balaban J connectivity index is 1.24. The van der Waals surface area contributed by atoms with E-state index in [0.717, 1.165) is 59.5 Å². The lowest BCUT2D eigenvalue weighted by Crippen LogP contribution is -2.64. The fraction of sp³-hybridized carbons (Fsp3) is 0.333. The van der Waals surface area contributed by atoms with E-state index in [1.165, 1.54) is 138 Å². The van der Waals surface area contributed by atoms with E-state index in [-0.39, 0.29) is 17.5 Å². The lowest BCUT2D eigenvalue weighted by molar-refractivity contribution is 0.404. The van der Waals surface area contributed by atoms with Crippen LogP contribution < -0.4 is 30.9 Å². The second-order valence-corrected chi connectivity index (χ2v) is 23.2. The molecular weight excluding hydrogens is 844 g/mol. The van der Waals surface area contributed by atoms with Crippen LogP contribution in [0.3, 0.4) is 0 Å². The number of aryl methyl sites for hydroxylation is 1. The molecule has 2 saturated carbocycles. The SMILES string of the molecule is Cc1cc2c3c(c1)N(c1ccccc1C(C)(C)C)c1c4c(c(C5CCCCC5)c5oc6ccccc6c15)Oc1c(c(c5c(oc6ccccc65)c1C1CCCCC1)N2c1ccccc1C(C)(C)C)B34. The molecule has 0 amide bonds. The average Bonchev–Trinajstić information content (AvgIpc) is 3.93. The summed E-state index contributed by atoms with van der Waals surface area (Å²) >= 11 is 0. The molecule has 5 heterocycles. The maximum absolute atomic E-state index is 8.24. The number of rotatable bonds is 4. The van der Waals surface area contributed by atoms with Gasteiger partial charge in [0.05, 0.1) is 22.1 Å².